The molecule has 28 heavy (non-hydrogen) atoms. The van der Waals surface area contributed by atoms with Crippen molar-refractivity contribution < 1.29 is 14.6 Å². The number of carboxylic acid groups (broad SMARTS) is 1. The monoisotopic (exact) mass is 370 g/mol. The van der Waals surface area contributed by atoms with Crippen LogP contribution in [0.4, 0.5) is 0 Å². The first-order chi connectivity index (χ1) is 13.7. The van der Waals surface area contributed by atoms with E-state index in [4.69, 9.17) is 4.74 Å². The average molecular weight is 370 g/mol. The van der Waals surface area contributed by atoms with E-state index in [9.17, 15) is 9.90 Å². The van der Waals surface area contributed by atoms with Gasteiger partial charge in [0.1, 0.15) is 12.4 Å². The van der Waals surface area contributed by atoms with Crippen molar-refractivity contribution in [2.45, 2.75) is 25.9 Å². The molecule has 0 aliphatic heterocycles. The van der Waals surface area contributed by atoms with Gasteiger partial charge in [0.2, 0.25) is 0 Å². The summed E-state index contributed by atoms with van der Waals surface area (Å²) in [6.07, 6.45) is 2.98. The molecule has 0 radical (unpaired) electrons. The van der Waals surface area contributed by atoms with Gasteiger partial charge in [-0.15, -0.1) is 0 Å². The van der Waals surface area contributed by atoms with Crippen LogP contribution in [0.3, 0.4) is 0 Å². The molecule has 1 aliphatic carbocycles. The Morgan fingerprint density at radius 2 is 1.61 bits per heavy atom. The molecule has 1 N–H and O–H groups in total. The summed E-state index contributed by atoms with van der Waals surface area (Å²) >= 11 is 0. The van der Waals surface area contributed by atoms with Crippen LogP contribution in [-0.2, 0) is 6.61 Å². The van der Waals surface area contributed by atoms with Crippen molar-refractivity contribution in [3.05, 3.63) is 101 Å². The Kier molecular flexibility index (Phi) is 5.24. The molecule has 0 spiro atoms. The van der Waals surface area contributed by atoms with Gasteiger partial charge in [0.05, 0.1) is 5.56 Å². The van der Waals surface area contributed by atoms with Crippen molar-refractivity contribution in [2.75, 3.05) is 0 Å². The Balaban J connectivity index is 1.68. The minimum atomic E-state index is -0.895. The second-order valence-electron chi connectivity index (χ2n) is 6.97. The van der Waals surface area contributed by atoms with Crippen molar-refractivity contribution in [2.24, 2.45) is 0 Å². The molecule has 0 aromatic heterocycles. The largest absolute Gasteiger partial charge is 0.488 e. The molecule has 0 bridgehead atoms. The number of carbonyl (C=O) groups is 1. The van der Waals surface area contributed by atoms with Gasteiger partial charge < -0.3 is 9.84 Å². The van der Waals surface area contributed by atoms with Crippen LogP contribution in [0, 0.1) is 0 Å². The zero-order chi connectivity index (χ0) is 19.3. The maximum atomic E-state index is 11.4. The number of para-hydroxylation sites is 1. The van der Waals surface area contributed by atoms with Gasteiger partial charge in [-0.05, 0) is 59.7 Å². The summed E-state index contributed by atoms with van der Waals surface area (Å²) < 4.78 is 6.15. The number of allylic oxidation sites excluding steroid dienone is 2. The molecule has 0 unspecified atom stereocenters. The summed E-state index contributed by atoms with van der Waals surface area (Å²) in [6.45, 7) is 0.523. The third-order valence-corrected chi connectivity index (χ3v) is 5.13. The molecular formula is C25H22O3. The average Bonchev–Trinajstić information content (AvgIpc) is 3.23. The van der Waals surface area contributed by atoms with Gasteiger partial charge >= 0.3 is 5.97 Å². The third-order valence-electron chi connectivity index (χ3n) is 5.13. The SMILES string of the molecule is O=C(O)c1cccc(C2=C(c3ccccc3OCc3ccccc3)CCC2)c1. The zero-order valence-electron chi connectivity index (χ0n) is 15.6. The maximum Gasteiger partial charge on any atom is 0.335 e. The lowest BCUT2D eigenvalue weighted by Gasteiger charge is -2.15. The summed E-state index contributed by atoms with van der Waals surface area (Å²) in [5, 5.41) is 9.32. The fourth-order valence-electron chi connectivity index (χ4n) is 3.78. The highest BCUT2D eigenvalue weighted by atomic mass is 16.5. The van der Waals surface area contributed by atoms with E-state index in [2.05, 4.69) is 18.2 Å². The number of rotatable bonds is 6. The highest BCUT2D eigenvalue weighted by molar-refractivity contribution is 5.96. The van der Waals surface area contributed by atoms with E-state index in [0.717, 1.165) is 41.7 Å². The van der Waals surface area contributed by atoms with Gasteiger partial charge in [-0.2, -0.15) is 0 Å². The van der Waals surface area contributed by atoms with Crippen LogP contribution < -0.4 is 4.74 Å². The Morgan fingerprint density at radius 1 is 0.857 bits per heavy atom. The van der Waals surface area contributed by atoms with Crippen molar-refractivity contribution >= 4 is 17.1 Å². The van der Waals surface area contributed by atoms with Crippen LogP contribution in [0.2, 0.25) is 0 Å². The number of hydrogen-bond acceptors (Lipinski definition) is 2. The first kappa shape index (κ1) is 18.1. The lowest BCUT2D eigenvalue weighted by Crippen LogP contribution is -1.99. The minimum absolute atomic E-state index is 0.324. The van der Waals surface area contributed by atoms with Crippen LogP contribution in [0.1, 0.15) is 46.3 Å². The van der Waals surface area contributed by atoms with Crippen LogP contribution >= 0.6 is 0 Å². The number of aromatic carboxylic acids is 1. The summed E-state index contributed by atoms with van der Waals surface area (Å²) in [5.74, 6) is -0.0243. The number of benzene rings is 3. The zero-order valence-corrected chi connectivity index (χ0v) is 15.6. The van der Waals surface area contributed by atoms with Crippen molar-refractivity contribution in [3.63, 3.8) is 0 Å². The first-order valence-electron chi connectivity index (χ1n) is 9.54. The predicted molar refractivity (Wildman–Crippen MR) is 111 cm³/mol. The molecule has 0 fully saturated rings. The highest BCUT2D eigenvalue weighted by Gasteiger charge is 2.21. The molecule has 0 amide bonds. The van der Waals surface area contributed by atoms with E-state index in [1.807, 2.05) is 48.5 Å². The van der Waals surface area contributed by atoms with Gasteiger partial charge in [-0.25, -0.2) is 4.79 Å². The van der Waals surface area contributed by atoms with Crippen LogP contribution in [0.25, 0.3) is 11.1 Å². The summed E-state index contributed by atoms with van der Waals surface area (Å²) in [6, 6.07) is 25.5. The lowest BCUT2D eigenvalue weighted by atomic mass is 9.95. The van der Waals surface area contributed by atoms with Crippen molar-refractivity contribution in [3.8, 4) is 5.75 Å². The van der Waals surface area contributed by atoms with E-state index in [0.29, 0.717) is 12.2 Å². The minimum Gasteiger partial charge on any atom is -0.488 e. The Bertz CT molecular complexity index is 1020. The Hall–Kier alpha value is -3.33. The van der Waals surface area contributed by atoms with E-state index >= 15 is 0 Å². The van der Waals surface area contributed by atoms with Crippen molar-refractivity contribution in [1.29, 1.82) is 0 Å². The molecule has 3 aromatic rings. The van der Waals surface area contributed by atoms with Crippen molar-refractivity contribution in [1.82, 2.24) is 0 Å². The second kappa shape index (κ2) is 8.13. The molecule has 0 saturated carbocycles. The molecule has 0 heterocycles. The van der Waals surface area contributed by atoms with E-state index in [1.54, 1.807) is 12.1 Å². The van der Waals surface area contributed by atoms with Gasteiger partial charge in [-0.3, -0.25) is 0 Å². The molecule has 0 atom stereocenters. The maximum absolute atomic E-state index is 11.4. The molecule has 1 aliphatic rings. The second-order valence-corrected chi connectivity index (χ2v) is 6.97. The quantitative estimate of drug-likeness (QED) is 0.574. The van der Waals surface area contributed by atoms with E-state index in [1.165, 1.54) is 11.1 Å². The normalized spacial score (nSPS) is 13.6. The summed E-state index contributed by atoms with van der Waals surface area (Å²) in [7, 11) is 0. The molecule has 3 nitrogen and oxygen atoms in total. The Morgan fingerprint density at radius 3 is 2.43 bits per heavy atom. The lowest BCUT2D eigenvalue weighted by molar-refractivity contribution is 0.0697. The molecule has 3 heteroatoms. The summed E-state index contributed by atoms with van der Waals surface area (Å²) in [5.41, 5.74) is 6.03. The molecule has 0 saturated heterocycles. The van der Waals surface area contributed by atoms with Gasteiger partial charge in [0.25, 0.3) is 0 Å². The fraction of sp³-hybridized carbons (Fsp3) is 0.160. The predicted octanol–water partition coefficient (Wildman–Crippen LogP) is 6.06. The van der Waals surface area contributed by atoms with Gasteiger partial charge in [-0.1, -0.05) is 60.7 Å². The van der Waals surface area contributed by atoms with Gasteiger partial charge in [0, 0.05) is 5.56 Å². The molecular weight excluding hydrogens is 348 g/mol. The number of ether oxygens (including phenoxy) is 1. The van der Waals surface area contributed by atoms with Crippen LogP contribution in [0.5, 0.6) is 5.75 Å². The molecule has 140 valence electrons. The topological polar surface area (TPSA) is 46.5 Å². The van der Waals surface area contributed by atoms with E-state index < -0.39 is 5.97 Å². The van der Waals surface area contributed by atoms with Crippen LogP contribution in [0.15, 0.2) is 78.9 Å². The van der Waals surface area contributed by atoms with E-state index in [-0.39, 0.29) is 0 Å². The standard InChI is InChI=1S/C25H22O3/c26-25(27)20-11-6-10-19(16-20)21-13-7-14-22(21)23-12-4-5-15-24(23)28-17-18-8-2-1-3-9-18/h1-6,8-12,15-16H,7,13-14,17H2,(H,26,27). The third kappa shape index (κ3) is 3.84. The number of carboxylic acids is 1. The number of hydrogen-bond donors (Lipinski definition) is 1. The van der Waals surface area contributed by atoms with Gasteiger partial charge in [0.15, 0.2) is 0 Å². The highest BCUT2D eigenvalue weighted by Crippen LogP contribution is 2.42. The Labute approximate surface area is 164 Å². The first-order valence-corrected chi connectivity index (χ1v) is 9.54. The molecule has 4 rings (SSSR count). The molecule has 3 aromatic carbocycles. The fourth-order valence-corrected chi connectivity index (χ4v) is 3.78. The summed E-state index contributed by atoms with van der Waals surface area (Å²) in [4.78, 5) is 11.4. The van der Waals surface area contributed by atoms with Crippen LogP contribution in [-0.4, -0.2) is 11.1 Å². The smallest absolute Gasteiger partial charge is 0.335 e.